The van der Waals surface area contributed by atoms with Gasteiger partial charge in [-0.1, -0.05) is 31.4 Å². The molecule has 0 heterocycles. The molecule has 1 fully saturated rings. The van der Waals surface area contributed by atoms with Crippen molar-refractivity contribution in [1.82, 2.24) is 5.32 Å². The minimum Gasteiger partial charge on any atom is -0.494 e. The van der Waals surface area contributed by atoms with E-state index in [2.05, 4.69) is 10.6 Å². The molecule has 6 nitrogen and oxygen atoms in total. The van der Waals surface area contributed by atoms with E-state index >= 15 is 0 Å². The Morgan fingerprint density at radius 3 is 2.52 bits per heavy atom. The number of carbonyl (C=O) groups excluding carboxylic acids is 2. The van der Waals surface area contributed by atoms with Gasteiger partial charge in [-0.25, -0.2) is 0 Å². The molecule has 3 rings (SSSR count). The van der Waals surface area contributed by atoms with Crippen molar-refractivity contribution in [3.8, 4) is 11.5 Å². The largest absolute Gasteiger partial charge is 0.494 e. The van der Waals surface area contributed by atoms with Gasteiger partial charge in [-0.15, -0.1) is 11.8 Å². The molecule has 0 spiro atoms. The van der Waals surface area contributed by atoms with Gasteiger partial charge in [0.1, 0.15) is 11.5 Å². The summed E-state index contributed by atoms with van der Waals surface area (Å²) in [6.45, 7) is 5.57. The number of hydrogen-bond donors (Lipinski definition) is 2. The zero-order valence-corrected chi connectivity index (χ0v) is 20.3. The van der Waals surface area contributed by atoms with Gasteiger partial charge in [0.05, 0.1) is 30.2 Å². The van der Waals surface area contributed by atoms with Crippen molar-refractivity contribution < 1.29 is 19.1 Å². The van der Waals surface area contributed by atoms with Gasteiger partial charge in [0.25, 0.3) is 5.91 Å². The van der Waals surface area contributed by atoms with Gasteiger partial charge >= 0.3 is 0 Å². The number of carbonyl (C=O) groups is 2. The van der Waals surface area contributed by atoms with Gasteiger partial charge < -0.3 is 20.1 Å². The molecule has 1 aliphatic rings. The standard InChI is InChI=1S/C26H34N2O4S/c1-3-31-20-14-15-23(32-4-2)22(16-20)28-26(30)21-12-8-9-13-24(21)33-18-25(29)27-17-19-10-6-5-7-11-19/h8-9,12-16,19H,3-7,10-11,17-18H2,1-2H3,(H,27,29)(H,28,30). The van der Waals surface area contributed by atoms with Crippen LogP contribution in [0, 0.1) is 5.92 Å². The first kappa shape index (κ1) is 25.0. The molecule has 33 heavy (non-hydrogen) atoms. The molecule has 0 radical (unpaired) electrons. The number of ether oxygens (including phenoxy) is 2. The minimum absolute atomic E-state index is 0.00355. The average molecular weight is 471 g/mol. The molecule has 0 aromatic heterocycles. The quantitative estimate of drug-likeness (QED) is 0.423. The minimum atomic E-state index is -0.254. The maximum atomic E-state index is 13.1. The molecule has 2 amide bonds. The van der Waals surface area contributed by atoms with Crippen molar-refractivity contribution in [2.24, 2.45) is 5.92 Å². The third kappa shape index (κ3) is 7.70. The van der Waals surface area contributed by atoms with E-state index in [1.54, 1.807) is 18.2 Å². The molecule has 2 N–H and O–H groups in total. The molecule has 0 atom stereocenters. The van der Waals surface area contributed by atoms with E-state index in [9.17, 15) is 9.59 Å². The van der Waals surface area contributed by atoms with Crippen LogP contribution in [0.3, 0.4) is 0 Å². The van der Waals surface area contributed by atoms with E-state index in [1.165, 1.54) is 43.9 Å². The number of nitrogens with one attached hydrogen (secondary N) is 2. The highest BCUT2D eigenvalue weighted by atomic mass is 32.2. The van der Waals surface area contributed by atoms with Crippen LogP contribution in [0.2, 0.25) is 0 Å². The van der Waals surface area contributed by atoms with Crippen molar-refractivity contribution in [2.75, 3.05) is 30.8 Å². The van der Waals surface area contributed by atoms with Crippen molar-refractivity contribution in [1.29, 1.82) is 0 Å². The number of thioether (sulfide) groups is 1. The summed E-state index contributed by atoms with van der Waals surface area (Å²) in [5.74, 6) is 1.87. The van der Waals surface area contributed by atoms with Crippen LogP contribution < -0.4 is 20.1 Å². The highest BCUT2D eigenvalue weighted by Crippen LogP contribution is 2.31. The molecule has 178 valence electrons. The Morgan fingerprint density at radius 2 is 1.76 bits per heavy atom. The first-order valence-corrected chi connectivity index (χ1v) is 12.8. The third-order valence-electron chi connectivity index (χ3n) is 5.61. The lowest BCUT2D eigenvalue weighted by molar-refractivity contribution is -0.118. The lowest BCUT2D eigenvalue weighted by Crippen LogP contribution is -2.31. The number of anilines is 1. The Balaban J connectivity index is 1.62. The summed E-state index contributed by atoms with van der Waals surface area (Å²) < 4.78 is 11.2. The molecular formula is C26H34N2O4S. The summed E-state index contributed by atoms with van der Waals surface area (Å²) in [6.07, 6.45) is 6.23. The fourth-order valence-corrected chi connectivity index (χ4v) is 4.84. The molecule has 7 heteroatoms. The van der Waals surface area contributed by atoms with Crippen LogP contribution in [0.4, 0.5) is 5.69 Å². The zero-order valence-electron chi connectivity index (χ0n) is 19.5. The first-order valence-electron chi connectivity index (χ1n) is 11.8. The number of amides is 2. The molecule has 0 saturated heterocycles. The summed E-state index contributed by atoms with van der Waals surface area (Å²) in [7, 11) is 0. The Bertz CT molecular complexity index is 928. The highest BCUT2D eigenvalue weighted by Gasteiger charge is 2.17. The molecule has 0 bridgehead atoms. The van der Waals surface area contributed by atoms with Crippen LogP contribution in [0.1, 0.15) is 56.3 Å². The maximum Gasteiger partial charge on any atom is 0.256 e. The predicted molar refractivity (Wildman–Crippen MR) is 133 cm³/mol. The number of rotatable bonds is 11. The van der Waals surface area contributed by atoms with E-state index in [-0.39, 0.29) is 17.6 Å². The molecule has 1 saturated carbocycles. The van der Waals surface area contributed by atoms with E-state index < -0.39 is 0 Å². The van der Waals surface area contributed by atoms with Gasteiger partial charge in [-0.3, -0.25) is 9.59 Å². The molecule has 2 aromatic rings. The summed E-state index contributed by atoms with van der Waals surface area (Å²) in [6, 6.07) is 12.7. The van der Waals surface area contributed by atoms with Crippen molar-refractivity contribution in [3.05, 3.63) is 48.0 Å². The molecule has 2 aromatic carbocycles. The van der Waals surface area contributed by atoms with Gasteiger partial charge in [-0.05, 0) is 56.9 Å². The lowest BCUT2D eigenvalue weighted by atomic mass is 9.89. The van der Waals surface area contributed by atoms with Gasteiger partial charge in [0.15, 0.2) is 0 Å². The zero-order chi connectivity index (χ0) is 23.5. The predicted octanol–water partition coefficient (Wildman–Crippen LogP) is 5.52. The van der Waals surface area contributed by atoms with Crippen LogP contribution in [0.5, 0.6) is 11.5 Å². The third-order valence-corrected chi connectivity index (χ3v) is 6.69. The Kier molecular flexibility index (Phi) is 9.94. The number of benzene rings is 2. The summed E-state index contributed by atoms with van der Waals surface area (Å²) in [5.41, 5.74) is 1.07. The smallest absolute Gasteiger partial charge is 0.256 e. The highest BCUT2D eigenvalue weighted by molar-refractivity contribution is 8.00. The van der Waals surface area contributed by atoms with Crippen LogP contribution in [0.15, 0.2) is 47.4 Å². The van der Waals surface area contributed by atoms with Crippen molar-refractivity contribution >= 4 is 29.3 Å². The van der Waals surface area contributed by atoms with Crippen molar-refractivity contribution in [2.45, 2.75) is 50.8 Å². The van der Waals surface area contributed by atoms with Crippen LogP contribution in [0.25, 0.3) is 0 Å². The first-order chi connectivity index (χ1) is 16.1. The van der Waals surface area contributed by atoms with E-state index in [1.807, 2.05) is 38.1 Å². The SMILES string of the molecule is CCOc1ccc(OCC)c(NC(=O)c2ccccc2SCC(=O)NCC2CCCCC2)c1. The second-order valence-corrected chi connectivity index (χ2v) is 9.09. The number of hydrogen-bond acceptors (Lipinski definition) is 5. The van der Waals surface area contributed by atoms with Crippen LogP contribution in [-0.2, 0) is 4.79 Å². The molecule has 0 aliphatic heterocycles. The van der Waals surface area contributed by atoms with Crippen molar-refractivity contribution in [3.63, 3.8) is 0 Å². The summed E-state index contributed by atoms with van der Waals surface area (Å²) >= 11 is 1.38. The summed E-state index contributed by atoms with van der Waals surface area (Å²) in [4.78, 5) is 26.3. The van der Waals surface area contributed by atoms with E-state index in [4.69, 9.17) is 9.47 Å². The topological polar surface area (TPSA) is 76.7 Å². The van der Waals surface area contributed by atoms with E-state index in [0.717, 1.165) is 11.4 Å². The second-order valence-electron chi connectivity index (χ2n) is 8.07. The lowest BCUT2D eigenvalue weighted by Gasteiger charge is -2.21. The van der Waals surface area contributed by atoms with Crippen LogP contribution in [-0.4, -0.2) is 37.3 Å². The molecular weight excluding hydrogens is 436 g/mol. The fraction of sp³-hybridized carbons (Fsp3) is 0.462. The Hall–Kier alpha value is -2.67. The van der Waals surface area contributed by atoms with Gasteiger partial charge in [-0.2, -0.15) is 0 Å². The monoisotopic (exact) mass is 470 g/mol. The average Bonchev–Trinajstić information content (AvgIpc) is 2.84. The molecule has 1 aliphatic carbocycles. The fourth-order valence-electron chi connectivity index (χ4n) is 3.96. The van der Waals surface area contributed by atoms with Crippen LogP contribution >= 0.6 is 11.8 Å². The molecule has 0 unspecified atom stereocenters. The Labute approximate surface area is 200 Å². The van der Waals surface area contributed by atoms with E-state index in [0.29, 0.717) is 41.9 Å². The maximum absolute atomic E-state index is 13.1. The second kappa shape index (κ2) is 13.1. The summed E-state index contributed by atoms with van der Waals surface area (Å²) in [5, 5.41) is 6.01. The normalized spacial score (nSPS) is 13.9. The van der Waals surface area contributed by atoms with Gasteiger partial charge in [0, 0.05) is 17.5 Å². The van der Waals surface area contributed by atoms with Gasteiger partial charge in [0.2, 0.25) is 5.91 Å². The Morgan fingerprint density at radius 1 is 1.00 bits per heavy atom.